The summed E-state index contributed by atoms with van der Waals surface area (Å²) in [7, 11) is 1.85. The van der Waals surface area contributed by atoms with Gasteiger partial charge in [0.1, 0.15) is 5.69 Å². The minimum Gasteiger partial charge on any atom is -0.366 e. The Hall–Kier alpha value is -3.75. The Morgan fingerprint density at radius 3 is 2.46 bits per heavy atom. The van der Waals surface area contributed by atoms with Crippen LogP contribution >= 0.6 is 0 Å². The molecule has 4 aromatic rings. The number of primary amides is 1. The van der Waals surface area contributed by atoms with Crippen LogP contribution in [0.4, 0.5) is 0 Å². The molecule has 9 heteroatoms. The molecule has 1 amide bonds. The van der Waals surface area contributed by atoms with Crippen LogP contribution in [-0.2, 0) is 13.6 Å². The topological polar surface area (TPSA) is 109 Å². The number of nitrogens with two attached hydrogens (primary N) is 1. The molecule has 0 aliphatic rings. The van der Waals surface area contributed by atoms with E-state index in [1.165, 1.54) is 0 Å². The van der Waals surface area contributed by atoms with Crippen LogP contribution in [0.3, 0.4) is 0 Å². The predicted molar refractivity (Wildman–Crippen MR) is 104 cm³/mol. The van der Waals surface area contributed by atoms with E-state index in [9.17, 15) is 4.79 Å². The zero-order valence-corrected chi connectivity index (χ0v) is 15.9. The quantitative estimate of drug-likeness (QED) is 0.572. The van der Waals surface area contributed by atoms with Crippen LogP contribution < -0.4 is 5.73 Å². The van der Waals surface area contributed by atoms with Crippen LogP contribution in [0.1, 0.15) is 23.0 Å². The van der Waals surface area contributed by atoms with E-state index < -0.39 is 5.91 Å². The Balaban J connectivity index is 1.86. The Morgan fingerprint density at radius 2 is 1.89 bits per heavy atom. The molecule has 0 bridgehead atoms. The molecule has 0 fully saturated rings. The highest BCUT2D eigenvalue weighted by atomic mass is 16.1. The summed E-state index contributed by atoms with van der Waals surface area (Å²) >= 11 is 0. The van der Waals surface area contributed by atoms with Crippen molar-refractivity contribution in [1.29, 1.82) is 0 Å². The fraction of sp³-hybridized carbons (Fsp3) is 0.211. The van der Waals surface area contributed by atoms with Gasteiger partial charge in [0.05, 0.1) is 6.20 Å². The Kier molecular flexibility index (Phi) is 4.26. The Bertz CT molecular complexity index is 1150. The van der Waals surface area contributed by atoms with Gasteiger partial charge >= 0.3 is 0 Å². The second kappa shape index (κ2) is 6.76. The predicted octanol–water partition coefficient (Wildman–Crippen LogP) is 1.96. The molecule has 0 spiro atoms. The Morgan fingerprint density at radius 1 is 1.14 bits per heavy atom. The summed E-state index contributed by atoms with van der Waals surface area (Å²) in [6, 6.07) is 10.7. The number of hydrogen-bond acceptors (Lipinski definition) is 5. The molecular weight excluding hydrogens is 356 g/mol. The van der Waals surface area contributed by atoms with E-state index in [0.717, 1.165) is 29.3 Å². The first kappa shape index (κ1) is 17.7. The first-order valence-corrected chi connectivity index (χ1v) is 8.88. The van der Waals surface area contributed by atoms with Gasteiger partial charge in [0.25, 0.3) is 0 Å². The number of aryl methyl sites for hydroxylation is 3. The van der Waals surface area contributed by atoms with E-state index in [1.807, 2.05) is 37.7 Å². The lowest BCUT2D eigenvalue weighted by Gasteiger charge is -2.03. The lowest BCUT2D eigenvalue weighted by molar-refractivity contribution is 0.100. The summed E-state index contributed by atoms with van der Waals surface area (Å²) in [5.74, 6) is 1.44. The second-order valence-corrected chi connectivity index (χ2v) is 6.41. The summed E-state index contributed by atoms with van der Waals surface area (Å²) in [5, 5.41) is 13.6. The lowest BCUT2D eigenvalue weighted by atomic mass is 10.1. The van der Waals surface area contributed by atoms with Gasteiger partial charge in [0.15, 0.2) is 17.5 Å². The maximum Gasteiger partial charge on any atom is 0.248 e. The van der Waals surface area contributed by atoms with Crippen LogP contribution in [0.15, 0.2) is 42.6 Å². The summed E-state index contributed by atoms with van der Waals surface area (Å²) in [6.45, 7) is 4.82. The number of benzene rings is 1. The van der Waals surface area contributed by atoms with E-state index in [2.05, 4.69) is 15.3 Å². The monoisotopic (exact) mass is 376 g/mol. The molecule has 9 nitrogen and oxygen atoms in total. The van der Waals surface area contributed by atoms with Gasteiger partial charge in [-0.05, 0) is 32.0 Å². The zero-order valence-electron chi connectivity index (χ0n) is 15.9. The molecule has 0 atom stereocenters. The zero-order chi connectivity index (χ0) is 19.8. The van der Waals surface area contributed by atoms with Gasteiger partial charge in [-0.25, -0.2) is 4.98 Å². The van der Waals surface area contributed by atoms with Crippen LogP contribution in [0.2, 0.25) is 0 Å². The fourth-order valence-corrected chi connectivity index (χ4v) is 3.06. The van der Waals surface area contributed by atoms with Crippen molar-refractivity contribution in [3.05, 3.63) is 53.9 Å². The first-order valence-electron chi connectivity index (χ1n) is 8.88. The van der Waals surface area contributed by atoms with Crippen molar-refractivity contribution in [3.8, 4) is 28.7 Å². The molecule has 4 rings (SSSR count). The van der Waals surface area contributed by atoms with Crippen LogP contribution in [-0.4, -0.2) is 40.2 Å². The normalized spacial score (nSPS) is 11.1. The number of carbonyl (C=O) groups excluding carboxylic acids is 1. The third-order valence-corrected chi connectivity index (χ3v) is 4.56. The average molecular weight is 376 g/mol. The molecule has 0 unspecified atom stereocenters. The number of aromatic nitrogens is 7. The maximum absolute atomic E-state index is 11.3. The molecule has 3 heterocycles. The minimum absolute atomic E-state index is 0.437. The van der Waals surface area contributed by atoms with Crippen LogP contribution in [0.5, 0.6) is 0 Å². The largest absolute Gasteiger partial charge is 0.366 e. The molecular formula is C19H20N8O. The molecule has 142 valence electrons. The summed E-state index contributed by atoms with van der Waals surface area (Å²) in [6.07, 6.45) is 1.71. The van der Waals surface area contributed by atoms with E-state index >= 15 is 0 Å². The van der Waals surface area contributed by atoms with E-state index in [-0.39, 0.29) is 0 Å². The second-order valence-electron chi connectivity index (χ2n) is 6.41. The number of hydrogen-bond donors (Lipinski definition) is 1. The van der Waals surface area contributed by atoms with Crippen molar-refractivity contribution in [2.45, 2.75) is 20.4 Å². The van der Waals surface area contributed by atoms with Gasteiger partial charge in [-0.3, -0.25) is 14.2 Å². The lowest BCUT2D eigenvalue weighted by Crippen LogP contribution is -2.10. The van der Waals surface area contributed by atoms with Crippen molar-refractivity contribution in [1.82, 2.24) is 34.3 Å². The number of amides is 1. The standard InChI is InChI=1S/C19H20N8O/c1-4-26-12(2)11-15(23-26)19-22-18(14-7-5-13(6-8-14)17(20)28)24-27(19)16-9-10-21-25(16)3/h5-11H,4H2,1-3H3,(H2,20,28). The summed E-state index contributed by atoms with van der Waals surface area (Å²) in [4.78, 5) is 16.0. The van der Waals surface area contributed by atoms with Gasteiger partial charge < -0.3 is 5.73 Å². The molecule has 2 N–H and O–H groups in total. The molecule has 0 aliphatic carbocycles. The minimum atomic E-state index is -0.471. The number of rotatable bonds is 5. The molecule has 3 aromatic heterocycles. The van der Waals surface area contributed by atoms with Crippen LogP contribution in [0, 0.1) is 6.92 Å². The van der Waals surface area contributed by atoms with Gasteiger partial charge in [-0.2, -0.15) is 14.9 Å². The molecule has 0 saturated heterocycles. The molecule has 28 heavy (non-hydrogen) atoms. The van der Waals surface area contributed by atoms with Crippen LogP contribution in [0.25, 0.3) is 28.7 Å². The highest BCUT2D eigenvalue weighted by Gasteiger charge is 2.20. The van der Waals surface area contributed by atoms with Crippen molar-refractivity contribution in [3.63, 3.8) is 0 Å². The van der Waals surface area contributed by atoms with E-state index in [4.69, 9.17) is 10.7 Å². The van der Waals surface area contributed by atoms with Crippen molar-refractivity contribution in [2.24, 2.45) is 12.8 Å². The highest BCUT2D eigenvalue weighted by molar-refractivity contribution is 5.93. The number of carbonyl (C=O) groups is 1. The molecule has 0 saturated carbocycles. The molecule has 0 aliphatic heterocycles. The number of nitrogens with zero attached hydrogens (tertiary/aromatic N) is 7. The van der Waals surface area contributed by atoms with E-state index in [0.29, 0.717) is 17.2 Å². The van der Waals surface area contributed by atoms with Crippen molar-refractivity contribution < 1.29 is 4.79 Å². The van der Waals surface area contributed by atoms with Crippen molar-refractivity contribution >= 4 is 5.91 Å². The van der Waals surface area contributed by atoms with Gasteiger partial charge in [0, 0.05) is 36.5 Å². The summed E-state index contributed by atoms with van der Waals surface area (Å²) in [5.41, 5.74) is 8.31. The SMILES string of the molecule is CCn1nc(-c2nc(-c3ccc(C(N)=O)cc3)nn2-c2ccnn2C)cc1C. The van der Waals surface area contributed by atoms with Gasteiger partial charge in [-0.15, -0.1) is 5.10 Å². The maximum atomic E-state index is 11.3. The van der Waals surface area contributed by atoms with Gasteiger partial charge in [0.2, 0.25) is 5.91 Å². The average Bonchev–Trinajstić information content (AvgIpc) is 3.39. The van der Waals surface area contributed by atoms with Crippen molar-refractivity contribution in [2.75, 3.05) is 0 Å². The third kappa shape index (κ3) is 2.96. The fourth-order valence-electron chi connectivity index (χ4n) is 3.06. The Labute approximate surface area is 161 Å². The molecule has 0 radical (unpaired) electrons. The highest BCUT2D eigenvalue weighted by Crippen LogP contribution is 2.25. The van der Waals surface area contributed by atoms with Gasteiger partial charge in [-0.1, -0.05) is 12.1 Å². The third-order valence-electron chi connectivity index (χ3n) is 4.56. The molecule has 1 aromatic carbocycles. The smallest absolute Gasteiger partial charge is 0.248 e. The first-order chi connectivity index (χ1) is 13.5. The van der Waals surface area contributed by atoms with E-state index in [1.54, 1.807) is 39.8 Å². The summed E-state index contributed by atoms with van der Waals surface area (Å²) < 4.78 is 5.37.